The normalized spacial score (nSPS) is 20.7. The molecule has 0 bridgehead atoms. The maximum Gasteiger partial charge on any atom is 0.253 e. The SMILES string of the molecule is O=C(c1ccc2cc(OCCCC3CCCNC3)ccc2c1)N1CCC(F)CC1. The van der Waals surface area contributed by atoms with Crippen LogP contribution in [0.2, 0.25) is 0 Å². The van der Waals surface area contributed by atoms with Crippen LogP contribution in [0.4, 0.5) is 4.39 Å². The first-order chi connectivity index (χ1) is 14.2. The van der Waals surface area contributed by atoms with Crippen molar-refractivity contribution in [3.8, 4) is 5.75 Å². The number of carbonyl (C=O) groups is 1. The number of benzene rings is 2. The van der Waals surface area contributed by atoms with Gasteiger partial charge in [0, 0.05) is 18.7 Å². The monoisotopic (exact) mass is 398 g/mol. The van der Waals surface area contributed by atoms with E-state index < -0.39 is 6.17 Å². The lowest BCUT2D eigenvalue weighted by molar-refractivity contribution is 0.0667. The van der Waals surface area contributed by atoms with Gasteiger partial charge in [-0.05, 0) is 92.6 Å². The van der Waals surface area contributed by atoms with Crippen molar-refractivity contribution in [2.75, 3.05) is 32.8 Å². The maximum absolute atomic E-state index is 13.3. The van der Waals surface area contributed by atoms with Crippen LogP contribution < -0.4 is 10.1 Å². The second kappa shape index (κ2) is 9.57. The minimum absolute atomic E-state index is 0.00340. The average Bonchev–Trinajstić information content (AvgIpc) is 2.77. The number of carbonyl (C=O) groups excluding carboxylic acids is 1. The molecule has 4 nitrogen and oxygen atoms in total. The van der Waals surface area contributed by atoms with E-state index in [4.69, 9.17) is 4.74 Å². The fourth-order valence-corrected chi connectivity index (χ4v) is 4.41. The zero-order chi connectivity index (χ0) is 20.1. The van der Waals surface area contributed by atoms with Crippen molar-refractivity contribution in [2.45, 2.75) is 44.7 Å². The number of amides is 1. The summed E-state index contributed by atoms with van der Waals surface area (Å²) >= 11 is 0. The number of halogens is 1. The molecule has 0 radical (unpaired) electrons. The van der Waals surface area contributed by atoms with Gasteiger partial charge in [-0.1, -0.05) is 12.1 Å². The molecule has 0 aliphatic carbocycles. The summed E-state index contributed by atoms with van der Waals surface area (Å²) in [6.45, 7) is 4.04. The Morgan fingerprint density at radius 2 is 1.90 bits per heavy atom. The van der Waals surface area contributed by atoms with E-state index in [1.165, 1.54) is 19.3 Å². The van der Waals surface area contributed by atoms with Crippen molar-refractivity contribution in [2.24, 2.45) is 5.92 Å². The van der Waals surface area contributed by atoms with E-state index in [0.717, 1.165) is 48.6 Å². The Kier molecular flexibility index (Phi) is 6.65. The highest BCUT2D eigenvalue weighted by molar-refractivity contribution is 5.98. The van der Waals surface area contributed by atoms with Gasteiger partial charge in [0.2, 0.25) is 0 Å². The van der Waals surface area contributed by atoms with E-state index in [2.05, 4.69) is 5.32 Å². The largest absolute Gasteiger partial charge is 0.494 e. The lowest BCUT2D eigenvalue weighted by atomic mass is 9.95. The molecule has 0 aromatic heterocycles. The van der Waals surface area contributed by atoms with Crippen LogP contribution in [0.1, 0.15) is 48.9 Å². The van der Waals surface area contributed by atoms with Crippen molar-refractivity contribution in [1.29, 1.82) is 0 Å². The first-order valence-electron chi connectivity index (χ1n) is 11.0. The third-order valence-electron chi connectivity index (χ3n) is 6.19. The quantitative estimate of drug-likeness (QED) is 0.725. The van der Waals surface area contributed by atoms with E-state index in [9.17, 15) is 9.18 Å². The highest BCUT2D eigenvalue weighted by Crippen LogP contribution is 2.24. The minimum atomic E-state index is -0.770. The van der Waals surface area contributed by atoms with Gasteiger partial charge in [-0.2, -0.15) is 0 Å². The molecule has 29 heavy (non-hydrogen) atoms. The molecule has 5 heteroatoms. The zero-order valence-electron chi connectivity index (χ0n) is 17.0. The summed E-state index contributed by atoms with van der Waals surface area (Å²) in [5.74, 6) is 1.66. The topological polar surface area (TPSA) is 41.6 Å². The summed E-state index contributed by atoms with van der Waals surface area (Å²) in [7, 11) is 0. The lowest BCUT2D eigenvalue weighted by Crippen LogP contribution is -2.39. The van der Waals surface area contributed by atoms with E-state index >= 15 is 0 Å². The van der Waals surface area contributed by atoms with E-state index in [0.29, 0.717) is 31.5 Å². The van der Waals surface area contributed by atoms with Crippen molar-refractivity contribution in [1.82, 2.24) is 10.2 Å². The summed E-state index contributed by atoms with van der Waals surface area (Å²) in [4.78, 5) is 14.5. The van der Waals surface area contributed by atoms with Crippen LogP contribution in [-0.4, -0.2) is 49.8 Å². The van der Waals surface area contributed by atoms with Crippen LogP contribution in [-0.2, 0) is 0 Å². The molecule has 1 unspecified atom stereocenters. The van der Waals surface area contributed by atoms with Gasteiger partial charge >= 0.3 is 0 Å². The smallest absolute Gasteiger partial charge is 0.253 e. The minimum Gasteiger partial charge on any atom is -0.494 e. The van der Waals surface area contributed by atoms with Gasteiger partial charge < -0.3 is 15.0 Å². The first kappa shape index (κ1) is 20.1. The first-order valence-corrected chi connectivity index (χ1v) is 11.0. The molecule has 2 fully saturated rings. The molecule has 2 aliphatic heterocycles. The molecule has 2 heterocycles. The van der Waals surface area contributed by atoms with Gasteiger partial charge in [-0.15, -0.1) is 0 Å². The van der Waals surface area contributed by atoms with Gasteiger partial charge in [0.15, 0.2) is 0 Å². The molecule has 1 atom stereocenters. The fraction of sp³-hybridized carbons (Fsp3) is 0.542. The summed E-state index contributed by atoms with van der Waals surface area (Å²) in [6.07, 6.45) is 5.02. The number of rotatable bonds is 6. The second-order valence-corrected chi connectivity index (χ2v) is 8.39. The molecule has 156 valence electrons. The number of fused-ring (bicyclic) bond motifs is 1. The number of hydrogen-bond acceptors (Lipinski definition) is 3. The van der Waals surface area contributed by atoms with E-state index in [-0.39, 0.29) is 5.91 Å². The van der Waals surface area contributed by atoms with Gasteiger partial charge in [-0.25, -0.2) is 4.39 Å². The lowest BCUT2D eigenvalue weighted by Gasteiger charge is -2.28. The van der Waals surface area contributed by atoms with Crippen LogP contribution in [0.3, 0.4) is 0 Å². The highest BCUT2D eigenvalue weighted by atomic mass is 19.1. The van der Waals surface area contributed by atoms with Crippen LogP contribution in [0.25, 0.3) is 10.8 Å². The Balaban J connectivity index is 1.32. The maximum atomic E-state index is 13.3. The Morgan fingerprint density at radius 1 is 1.10 bits per heavy atom. The molecule has 1 amide bonds. The predicted octanol–water partition coefficient (Wildman–Crippen LogP) is 4.57. The highest BCUT2D eigenvalue weighted by Gasteiger charge is 2.23. The van der Waals surface area contributed by atoms with Crippen molar-refractivity contribution < 1.29 is 13.9 Å². The standard InChI is InChI=1S/C24H31FN2O2/c25-22-9-12-27(13-10-22)24(28)21-6-5-20-16-23(8-7-19(20)15-21)29-14-2-4-18-3-1-11-26-17-18/h5-8,15-16,18,22,26H,1-4,9-14,17H2. The third-order valence-corrected chi connectivity index (χ3v) is 6.19. The number of alkyl halides is 1. The Bertz CT molecular complexity index is 827. The average molecular weight is 399 g/mol. The van der Waals surface area contributed by atoms with Crippen molar-refractivity contribution in [3.05, 3.63) is 42.0 Å². The molecule has 2 aromatic rings. The number of hydrogen-bond donors (Lipinski definition) is 1. The molecule has 2 aliphatic rings. The number of piperidine rings is 2. The molecule has 2 saturated heterocycles. The molecule has 0 spiro atoms. The fourth-order valence-electron chi connectivity index (χ4n) is 4.41. The van der Waals surface area contributed by atoms with Crippen LogP contribution in [0.5, 0.6) is 5.75 Å². The van der Waals surface area contributed by atoms with E-state index in [1.54, 1.807) is 4.90 Å². The summed E-state index contributed by atoms with van der Waals surface area (Å²) in [6, 6.07) is 11.8. The zero-order valence-corrected chi connectivity index (χ0v) is 17.0. The van der Waals surface area contributed by atoms with Crippen molar-refractivity contribution in [3.63, 3.8) is 0 Å². The molecule has 2 aromatic carbocycles. The number of nitrogens with zero attached hydrogens (tertiary/aromatic N) is 1. The van der Waals surface area contributed by atoms with Crippen LogP contribution >= 0.6 is 0 Å². The number of likely N-dealkylation sites (tertiary alicyclic amines) is 1. The molecular formula is C24H31FN2O2. The summed E-state index contributed by atoms with van der Waals surface area (Å²) in [5, 5.41) is 5.56. The summed E-state index contributed by atoms with van der Waals surface area (Å²) < 4.78 is 19.3. The van der Waals surface area contributed by atoms with Gasteiger partial charge in [0.05, 0.1) is 6.61 Å². The molecule has 0 saturated carbocycles. The van der Waals surface area contributed by atoms with Crippen molar-refractivity contribution >= 4 is 16.7 Å². The molecule has 1 N–H and O–H groups in total. The second-order valence-electron chi connectivity index (χ2n) is 8.39. The predicted molar refractivity (Wildman–Crippen MR) is 114 cm³/mol. The Hall–Kier alpha value is -2.14. The Labute approximate surface area is 172 Å². The van der Waals surface area contributed by atoms with Gasteiger partial charge in [0.1, 0.15) is 11.9 Å². The number of ether oxygens (including phenoxy) is 1. The molecular weight excluding hydrogens is 367 g/mol. The van der Waals surface area contributed by atoms with Crippen LogP contribution in [0, 0.1) is 5.92 Å². The van der Waals surface area contributed by atoms with E-state index in [1.807, 2.05) is 36.4 Å². The Morgan fingerprint density at radius 3 is 2.69 bits per heavy atom. The molecule has 4 rings (SSSR count). The summed E-state index contributed by atoms with van der Waals surface area (Å²) in [5.41, 5.74) is 0.671. The van der Waals surface area contributed by atoms with Gasteiger partial charge in [0.25, 0.3) is 5.91 Å². The van der Waals surface area contributed by atoms with Crippen LogP contribution in [0.15, 0.2) is 36.4 Å². The number of nitrogens with one attached hydrogen (secondary N) is 1. The third kappa shape index (κ3) is 5.27. The van der Waals surface area contributed by atoms with Gasteiger partial charge in [-0.3, -0.25) is 4.79 Å².